The highest BCUT2D eigenvalue weighted by molar-refractivity contribution is 6.01. The largest absolute Gasteiger partial charge is 0.497 e. The highest BCUT2D eigenvalue weighted by Crippen LogP contribution is 2.11. The van der Waals surface area contributed by atoms with E-state index in [1.54, 1.807) is 7.11 Å². The second kappa shape index (κ2) is 8.73. The number of carbonyl (C=O) groups excluding carboxylic acids is 1. The minimum atomic E-state index is -0.125. The molecule has 2 aromatic rings. The Morgan fingerprint density at radius 2 is 1.78 bits per heavy atom. The molecule has 120 valence electrons. The SMILES string of the molecule is CCC/C(=N\NC(=O)Cc1ccc(OC)cc1)c1ccccc1. The molecule has 0 unspecified atom stereocenters. The molecule has 0 aliphatic carbocycles. The van der Waals surface area contributed by atoms with Crippen molar-refractivity contribution in [2.75, 3.05) is 7.11 Å². The molecule has 0 aromatic heterocycles. The van der Waals surface area contributed by atoms with Crippen LogP contribution in [0.15, 0.2) is 59.7 Å². The van der Waals surface area contributed by atoms with Gasteiger partial charge in [0.05, 0.1) is 19.2 Å². The molecule has 23 heavy (non-hydrogen) atoms. The summed E-state index contributed by atoms with van der Waals surface area (Å²) in [6.07, 6.45) is 2.09. The maximum Gasteiger partial charge on any atom is 0.244 e. The van der Waals surface area contributed by atoms with Crippen LogP contribution in [0.25, 0.3) is 0 Å². The van der Waals surface area contributed by atoms with Gasteiger partial charge in [0.25, 0.3) is 0 Å². The molecule has 0 spiro atoms. The lowest BCUT2D eigenvalue weighted by Gasteiger charge is -2.07. The fourth-order valence-electron chi connectivity index (χ4n) is 2.23. The van der Waals surface area contributed by atoms with Gasteiger partial charge in [0, 0.05) is 0 Å². The Bertz CT molecular complexity index is 649. The molecule has 2 aromatic carbocycles. The van der Waals surface area contributed by atoms with E-state index in [1.807, 2.05) is 54.6 Å². The molecule has 1 amide bonds. The highest BCUT2D eigenvalue weighted by atomic mass is 16.5. The smallest absolute Gasteiger partial charge is 0.244 e. The number of hydrazone groups is 1. The number of hydrogen-bond donors (Lipinski definition) is 1. The predicted molar refractivity (Wildman–Crippen MR) is 92.7 cm³/mol. The summed E-state index contributed by atoms with van der Waals surface area (Å²) in [5, 5.41) is 4.31. The molecule has 2 rings (SSSR count). The van der Waals surface area contributed by atoms with Crippen LogP contribution < -0.4 is 10.2 Å². The highest BCUT2D eigenvalue weighted by Gasteiger charge is 2.06. The number of nitrogens with one attached hydrogen (secondary N) is 1. The second-order valence-electron chi connectivity index (χ2n) is 5.23. The van der Waals surface area contributed by atoms with E-state index >= 15 is 0 Å². The molecule has 0 fully saturated rings. The second-order valence-corrected chi connectivity index (χ2v) is 5.23. The summed E-state index contributed by atoms with van der Waals surface area (Å²) in [6.45, 7) is 2.09. The minimum absolute atomic E-state index is 0.125. The zero-order valence-electron chi connectivity index (χ0n) is 13.6. The van der Waals surface area contributed by atoms with Crippen LogP contribution >= 0.6 is 0 Å². The molecular weight excluding hydrogens is 288 g/mol. The van der Waals surface area contributed by atoms with Gasteiger partial charge in [-0.25, -0.2) is 5.43 Å². The first-order chi connectivity index (χ1) is 11.2. The van der Waals surface area contributed by atoms with Gasteiger partial charge in [-0.05, 0) is 29.7 Å². The van der Waals surface area contributed by atoms with Crippen molar-refractivity contribution in [2.45, 2.75) is 26.2 Å². The maximum atomic E-state index is 12.1. The number of methoxy groups -OCH3 is 1. The van der Waals surface area contributed by atoms with Crippen molar-refractivity contribution in [2.24, 2.45) is 5.10 Å². The summed E-state index contributed by atoms with van der Waals surface area (Å²) < 4.78 is 5.11. The van der Waals surface area contributed by atoms with E-state index in [2.05, 4.69) is 17.5 Å². The number of amides is 1. The Kier molecular flexibility index (Phi) is 6.36. The van der Waals surface area contributed by atoms with Crippen LogP contribution in [0.4, 0.5) is 0 Å². The Morgan fingerprint density at radius 3 is 2.39 bits per heavy atom. The van der Waals surface area contributed by atoms with Crippen LogP contribution in [0.1, 0.15) is 30.9 Å². The molecule has 0 aliphatic heterocycles. The summed E-state index contributed by atoms with van der Waals surface area (Å²) in [4.78, 5) is 12.1. The number of hydrogen-bond acceptors (Lipinski definition) is 3. The van der Waals surface area contributed by atoms with E-state index in [0.717, 1.165) is 35.4 Å². The quantitative estimate of drug-likeness (QED) is 0.628. The Morgan fingerprint density at radius 1 is 1.09 bits per heavy atom. The summed E-state index contributed by atoms with van der Waals surface area (Å²) in [5.74, 6) is 0.654. The Labute approximate surface area is 137 Å². The van der Waals surface area contributed by atoms with Gasteiger partial charge in [0.15, 0.2) is 0 Å². The van der Waals surface area contributed by atoms with Gasteiger partial charge in [-0.3, -0.25) is 4.79 Å². The molecule has 0 radical (unpaired) electrons. The van der Waals surface area contributed by atoms with Gasteiger partial charge < -0.3 is 4.74 Å². The topological polar surface area (TPSA) is 50.7 Å². The van der Waals surface area contributed by atoms with Gasteiger partial charge >= 0.3 is 0 Å². The molecule has 0 atom stereocenters. The van der Waals surface area contributed by atoms with E-state index in [9.17, 15) is 4.79 Å². The molecule has 0 aliphatic rings. The van der Waals surface area contributed by atoms with Crippen molar-refractivity contribution in [3.8, 4) is 5.75 Å². The lowest BCUT2D eigenvalue weighted by molar-refractivity contribution is -0.120. The third-order valence-electron chi connectivity index (χ3n) is 3.43. The van der Waals surface area contributed by atoms with Crippen molar-refractivity contribution in [3.63, 3.8) is 0 Å². The van der Waals surface area contributed by atoms with Gasteiger partial charge in [-0.15, -0.1) is 0 Å². The third kappa shape index (κ3) is 5.25. The molecule has 0 saturated heterocycles. The van der Waals surface area contributed by atoms with Crippen molar-refractivity contribution in [1.82, 2.24) is 5.43 Å². The monoisotopic (exact) mass is 310 g/mol. The zero-order chi connectivity index (χ0) is 16.5. The number of ether oxygens (including phenoxy) is 1. The van der Waals surface area contributed by atoms with Gasteiger partial charge in [0.2, 0.25) is 5.91 Å². The van der Waals surface area contributed by atoms with E-state index in [1.165, 1.54) is 0 Å². The van der Waals surface area contributed by atoms with E-state index in [4.69, 9.17) is 4.74 Å². The summed E-state index contributed by atoms with van der Waals surface area (Å²) >= 11 is 0. The number of rotatable bonds is 7. The lowest BCUT2D eigenvalue weighted by Crippen LogP contribution is -2.22. The average Bonchev–Trinajstić information content (AvgIpc) is 2.60. The predicted octanol–water partition coefficient (Wildman–Crippen LogP) is 3.56. The molecular formula is C19H22N2O2. The van der Waals surface area contributed by atoms with Crippen molar-refractivity contribution >= 4 is 11.6 Å². The molecule has 0 heterocycles. The lowest BCUT2D eigenvalue weighted by atomic mass is 10.1. The number of carbonyl (C=O) groups is 1. The van der Waals surface area contributed by atoms with Gasteiger partial charge in [-0.2, -0.15) is 5.10 Å². The molecule has 4 heteroatoms. The van der Waals surface area contributed by atoms with Crippen LogP contribution in [0, 0.1) is 0 Å². The standard InChI is InChI=1S/C19H22N2O2/c1-3-7-18(16-8-5-4-6-9-16)20-21-19(22)14-15-10-12-17(23-2)13-11-15/h4-6,8-13H,3,7,14H2,1-2H3,(H,21,22)/b20-18+. The normalized spacial score (nSPS) is 11.1. The fraction of sp³-hybridized carbons (Fsp3) is 0.263. The van der Waals surface area contributed by atoms with Crippen molar-refractivity contribution < 1.29 is 9.53 Å². The maximum absolute atomic E-state index is 12.1. The van der Waals surface area contributed by atoms with E-state index in [-0.39, 0.29) is 5.91 Å². The van der Waals surface area contributed by atoms with Crippen LogP contribution in [-0.2, 0) is 11.2 Å². The Hall–Kier alpha value is -2.62. The molecule has 1 N–H and O–H groups in total. The first-order valence-corrected chi connectivity index (χ1v) is 7.76. The number of nitrogens with zero attached hydrogens (tertiary/aromatic N) is 1. The van der Waals surface area contributed by atoms with Crippen LogP contribution in [-0.4, -0.2) is 18.7 Å². The summed E-state index contributed by atoms with van der Waals surface area (Å²) in [6, 6.07) is 17.4. The molecule has 4 nitrogen and oxygen atoms in total. The van der Waals surface area contributed by atoms with Crippen molar-refractivity contribution in [3.05, 3.63) is 65.7 Å². The van der Waals surface area contributed by atoms with Gasteiger partial charge in [-0.1, -0.05) is 55.8 Å². The van der Waals surface area contributed by atoms with Crippen LogP contribution in [0.2, 0.25) is 0 Å². The molecule has 0 saturated carbocycles. The third-order valence-corrected chi connectivity index (χ3v) is 3.43. The Balaban J connectivity index is 1.99. The first kappa shape index (κ1) is 16.7. The van der Waals surface area contributed by atoms with Gasteiger partial charge in [0.1, 0.15) is 5.75 Å². The summed E-state index contributed by atoms with van der Waals surface area (Å²) in [7, 11) is 1.62. The minimum Gasteiger partial charge on any atom is -0.497 e. The summed E-state index contributed by atoms with van der Waals surface area (Å²) in [5.41, 5.74) is 5.53. The fourth-order valence-corrected chi connectivity index (χ4v) is 2.23. The number of benzene rings is 2. The molecule has 0 bridgehead atoms. The van der Waals surface area contributed by atoms with Crippen molar-refractivity contribution in [1.29, 1.82) is 0 Å². The van der Waals surface area contributed by atoms with Crippen LogP contribution in [0.3, 0.4) is 0 Å². The first-order valence-electron chi connectivity index (χ1n) is 7.76. The van der Waals surface area contributed by atoms with E-state index < -0.39 is 0 Å². The van der Waals surface area contributed by atoms with Crippen LogP contribution in [0.5, 0.6) is 5.75 Å². The average molecular weight is 310 g/mol. The zero-order valence-corrected chi connectivity index (χ0v) is 13.6. The van der Waals surface area contributed by atoms with E-state index in [0.29, 0.717) is 6.42 Å².